The number of aliphatic hydroxyl groups is 1. The first kappa shape index (κ1) is 7.12. The molecule has 1 aliphatic heterocycles. The zero-order valence-electron chi connectivity index (χ0n) is 10.6. The normalized spacial score (nSPS) is 14.5. The van der Waals surface area contributed by atoms with Crippen molar-refractivity contribution < 1.29 is 6.52 Å². The van der Waals surface area contributed by atoms with Crippen molar-refractivity contribution >= 4 is 16.9 Å². The van der Waals surface area contributed by atoms with Crippen LogP contribution in [0, 0.1) is 0 Å². The molecule has 0 bridgehead atoms. The number of hydrogen-bond acceptors (Lipinski definition) is 2. The summed E-state index contributed by atoms with van der Waals surface area (Å²) in [6, 6.07) is 15.2. The van der Waals surface area contributed by atoms with Gasteiger partial charge in [-0.15, -0.1) is 0 Å². The Hall–Kier alpha value is -2.22. The van der Waals surface area contributed by atoms with Crippen LogP contribution in [0.1, 0.15) is 11.1 Å². The summed E-state index contributed by atoms with van der Waals surface area (Å²) >= 11 is 0. The lowest BCUT2D eigenvalue weighted by molar-refractivity contribution is 0.476. The van der Waals surface area contributed by atoms with Crippen LogP contribution in [0.4, 0.5) is 11.4 Å². The van der Waals surface area contributed by atoms with E-state index < -0.39 is 0 Å². The van der Waals surface area contributed by atoms with Gasteiger partial charge in [-0.05, 0) is 12.1 Å². The fraction of sp³-hybridized carbons (Fsp3) is 0. The average Bonchev–Trinajstić information content (AvgIpc) is 2.43. The van der Waals surface area contributed by atoms with E-state index in [1.54, 1.807) is 0 Å². The quantitative estimate of drug-likeness (QED) is 0.705. The van der Waals surface area contributed by atoms with E-state index in [1.807, 2.05) is 48.5 Å². The maximum Gasteiger partial charge on any atom is 0.292 e. The van der Waals surface area contributed by atoms with Crippen molar-refractivity contribution in [3.63, 3.8) is 0 Å². The first-order valence-corrected chi connectivity index (χ1v) is 5.13. The van der Waals surface area contributed by atoms with Crippen LogP contribution in [0.15, 0.2) is 54.8 Å². The van der Waals surface area contributed by atoms with Crippen LogP contribution in [0.3, 0.4) is 0 Å². The number of aliphatic hydroxyl groups excluding tert-OH is 1. The van der Waals surface area contributed by atoms with Crippen molar-refractivity contribution in [2.45, 2.75) is 0 Å². The van der Waals surface area contributed by atoms with E-state index in [4.69, 9.17) is 2.84 Å². The van der Waals surface area contributed by atoms with Gasteiger partial charge < -0.3 is 10.4 Å². The summed E-state index contributed by atoms with van der Waals surface area (Å²) in [5.41, 5.74) is 4.22. The van der Waals surface area contributed by atoms with Gasteiger partial charge in [-0.25, -0.2) is 0 Å². The maximum absolute atomic E-state index is 8.18. The molecule has 0 radical (unpaired) electrons. The minimum atomic E-state index is 0.791. The second-order valence-corrected chi connectivity index (χ2v) is 3.68. The lowest BCUT2D eigenvalue weighted by Crippen LogP contribution is -2.05. The molecule has 0 spiro atoms. The van der Waals surface area contributed by atoms with Gasteiger partial charge in [0.1, 0.15) is 0 Å². The molecule has 0 amide bonds. The zero-order chi connectivity index (χ0) is 12.5. The molecule has 2 nitrogen and oxygen atoms in total. The van der Waals surface area contributed by atoms with E-state index in [0.29, 0.717) is 0 Å². The molecular formula is C14H11NO. The van der Waals surface area contributed by atoms with Crippen LogP contribution in [-0.2, 0) is 0 Å². The number of rotatable bonds is 1. The maximum atomic E-state index is 8.18. The van der Waals surface area contributed by atoms with Crippen LogP contribution in [0.25, 0.3) is 7.00 Å². The van der Waals surface area contributed by atoms with Crippen LogP contribution in [0.5, 0.6) is 0 Å². The van der Waals surface area contributed by atoms with E-state index in [1.165, 1.54) is 11.6 Å². The summed E-state index contributed by atoms with van der Waals surface area (Å²) in [5.74, 6) is 0. The number of fused-ring (bicyclic) bond motifs is 2. The van der Waals surface area contributed by atoms with Crippen molar-refractivity contribution in [1.29, 1.82) is 1.43 Å². The number of hydrogen-bond donors (Lipinski definition) is 2. The molecule has 1 aliphatic rings. The second kappa shape index (κ2) is 3.42. The van der Waals surface area contributed by atoms with Gasteiger partial charge in [0.15, 0.2) is 1.41 Å². The summed E-state index contributed by atoms with van der Waals surface area (Å²) in [5, 5.41) is 5.85. The van der Waals surface area contributed by atoms with Crippen molar-refractivity contribution in [1.82, 2.24) is 0 Å². The van der Waals surface area contributed by atoms with E-state index in [0.717, 1.165) is 28.1 Å². The fourth-order valence-corrected chi connectivity index (χ4v) is 2.00. The Morgan fingerprint density at radius 1 is 1.00 bits per heavy atom. The summed E-state index contributed by atoms with van der Waals surface area (Å²) in [4.78, 5) is 0. The molecular weight excluding hydrogens is 198 g/mol. The number of nitrogens with one attached hydrogen (secondary N) is 1. The highest BCUT2D eigenvalue weighted by Gasteiger charge is 2.18. The van der Waals surface area contributed by atoms with Crippen molar-refractivity contribution in [3.05, 3.63) is 65.9 Å². The molecule has 78 valence electrons. The fourth-order valence-electron chi connectivity index (χ4n) is 2.00. The Labute approximate surface area is 96.8 Å². The monoisotopic (exact) mass is 211 g/mol. The number of anilines is 2. The smallest absolute Gasteiger partial charge is 0.292 e. The largest absolute Gasteiger partial charge is 0.515 e. The predicted octanol–water partition coefficient (Wildman–Crippen LogP) is 3.69. The predicted molar refractivity (Wildman–Crippen MR) is 65.9 cm³/mol. The highest BCUT2D eigenvalue weighted by molar-refractivity contribution is 5.96. The molecule has 16 heavy (non-hydrogen) atoms. The molecule has 0 aliphatic carbocycles. The Balaban J connectivity index is 2.30. The molecule has 2 heteroatoms. The van der Waals surface area contributed by atoms with Crippen LogP contribution in [0.2, 0.25) is 1.41 Å². The Kier molecular flexibility index (Phi) is 1.52. The summed E-state index contributed by atoms with van der Waals surface area (Å²) in [6.45, 7) is 0. The van der Waals surface area contributed by atoms with Crippen LogP contribution >= 0.6 is 0 Å². The molecule has 0 unspecified atom stereocenters. The SMILES string of the molecule is [2H]OC=C1c2ccccc2N([2H])c2ccccc21. The minimum Gasteiger partial charge on any atom is -0.515 e. The van der Waals surface area contributed by atoms with Gasteiger partial charge in [0.2, 0.25) is 0 Å². The van der Waals surface area contributed by atoms with E-state index >= 15 is 0 Å². The van der Waals surface area contributed by atoms with Gasteiger partial charge in [0, 0.05) is 28.1 Å². The van der Waals surface area contributed by atoms with Crippen molar-refractivity contribution in [2.75, 3.05) is 5.31 Å². The molecule has 0 fully saturated rings. The third kappa shape index (κ3) is 1.20. The van der Waals surface area contributed by atoms with Crippen LogP contribution < -0.4 is 5.31 Å². The third-order valence-corrected chi connectivity index (χ3v) is 2.75. The van der Waals surface area contributed by atoms with E-state index in [2.05, 4.69) is 5.11 Å². The molecule has 2 aromatic carbocycles. The molecule has 3 rings (SSSR count). The van der Waals surface area contributed by atoms with Crippen molar-refractivity contribution in [3.8, 4) is 0 Å². The van der Waals surface area contributed by atoms with Gasteiger partial charge >= 0.3 is 0 Å². The second-order valence-electron chi connectivity index (χ2n) is 3.68. The topological polar surface area (TPSA) is 32.3 Å². The number of para-hydroxylation sites is 2. The lowest BCUT2D eigenvalue weighted by atomic mass is 9.93. The van der Waals surface area contributed by atoms with Gasteiger partial charge in [-0.2, -0.15) is 0 Å². The molecule has 0 saturated carbocycles. The standard InChI is InChI=1S/C14H11NO/c16-9-12-10-5-1-3-7-13(10)15-14-8-4-2-6-11(12)14/h1-9,15-16H/i/hD2. The Morgan fingerprint density at radius 2 is 1.56 bits per heavy atom. The first-order valence-electron chi connectivity index (χ1n) is 5.98. The van der Waals surface area contributed by atoms with Gasteiger partial charge in [-0.1, -0.05) is 36.4 Å². The van der Waals surface area contributed by atoms with Crippen molar-refractivity contribution in [2.24, 2.45) is 0 Å². The highest BCUT2D eigenvalue weighted by Crippen LogP contribution is 2.39. The molecule has 0 saturated heterocycles. The van der Waals surface area contributed by atoms with Crippen LogP contribution in [-0.4, -0.2) is 5.11 Å². The minimum absolute atomic E-state index is 0.791. The average molecular weight is 211 g/mol. The molecule has 1 heterocycles. The van der Waals surface area contributed by atoms with Gasteiger partial charge in [0.25, 0.3) is 1.43 Å². The Morgan fingerprint density at radius 3 is 2.12 bits per heavy atom. The van der Waals surface area contributed by atoms with Gasteiger partial charge in [0.05, 0.1) is 6.26 Å². The zero-order valence-corrected chi connectivity index (χ0v) is 8.55. The lowest BCUT2D eigenvalue weighted by Gasteiger charge is -2.23. The van der Waals surface area contributed by atoms with Gasteiger partial charge in [-0.3, -0.25) is 0 Å². The first-order chi connectivity index (χ1) is 8.83. The van der Waals surface area contributed by atoms with E-state index in [9.17, 15) is 0 Å². The molecule has 0 atom stereocenters. The molecule has 0 aromatic heterocycles. The summed E-state index contributed by atoms with van der Waals surface area (Å²) < 4.78 is 15.1. The highest BCUT2D eigenvalue weighted by atomic mass is 16.2. The molecule has 2 N–H and O–H groups in total. The third-order valence-electron chi connectivity index (χ3n) is 2.75. The summed E-state index contributed by atoms with van der Waals surface area (Å²) in [7, 11) is 0. The molecule has 2 aromatic rings. The van der Waals surface area contributed by atoms with E-state index in [-0.39, 0.29) is 0 Å². The summed E-state index contributed by atoms with van der Waals surface area (Å²) in [6.07, 6.45) is 1.41. The Bertz CT molecular complexity index is 575. The number of benzene rings is 2.